The summed E-state index contributed by atoms with van der Waals surface area (Å²) in [5.74, 6) is -3.22. The summed E-state index contributed by atoms with van der Waals surface area (Å²) in [6, 6.07) is 0.338. The van der Waals surface area contributed by atoms with E-state index >= 15 is 0 Å². The normalized spacial score (nSPS) is 29.5. The second-order valence-corrected chi connectivity index (χ2v) is 4.03. The molecule has 0 spiro atoms. The number of halogens is 2. The maximum absolute atomic E-state index is 13.2. The molecule has 1 fully saturated rings. The first kappa shape index (κ1) is 10.9. The van der Waals surface area contributed by atoms with Crippen LogP contribution in [0.2, 0.25) is 0 Å². The third kappa shape index (κ3) is 2.38. The molecule has 0 aromatic rings. The van der Waals surface area contributed by atoms with Crippen LogP contribution >= 0.6 is 0 Å². The molecule has 0 aromatic carbocycles. The van der Waals surface area contributed by atoms with E-state index in [4.69, 9.17) is 5.73 Å². The number of nitrogens with zero attached hydrogens (tertiary/aromatic N) is 1. The van der Waals surface area contributed by atoms with E-state index in [0.29, 0.717) is 19.1 Å². The molecule has 1 aliphatic heterocycles. The topological polar surface area (TPSA) is 29.3 Å². The Morgan fingerprint density at radius 3 is 2.62 bits per heavy atom. The van der Waals surface area contributed by atoms with Gasteiger partial charge in [-0.25, -0.2) is 8.78 Å². The minimum absolute atomic E-state index is 0.0486. The van der Waals surface area contributed by atoms with Crippen molar-refractivity contribution in [3.8, 4) is 0 Å². The lowest BCUT2D eigenvalue weighted by molar-refractivity contribution is -0.107. The first-order valence-corrected chi connectivity index (χ1v) is 4.79. The van der Waals surface area contributed by atoms with Crippen LogP contribution in [-0.2, 0) is 0 Å². The van der Waals surface area contributed by atoms with Gasteiger partial charge in [0.2, 0.25) is 0 Å². The quantitative estimate of drug-likeness (QED) is 0.714. The van der Waals surface area contributed by atoms with E-state index in [2.05, 4.69) is 4.90 Å². The Morgan fingerprint density at radius 2 is 2.15 bits per heavy atom. The van der Waals surface area contributed by atoms with E-state index in [1.54, 1.807) is 0 Å². The van der Waals surface area contributed by atoms with Gasteiger partial charge in [-0.1, -0.05) is 0 Å². The summed E-state index contributed by atoms with van der Waals surface area (Å²) in [5, 5.41) is 0. The number of alkyl halides is 2. The van der Waals surface area contributed by atoms with Crippen LogP contribution in [0.3, 0.4) is 0 Å². The molecule has 13 heavy (non-hydrogen) atoms. The molecule has 1 aliphatic rings. The molecule has 0 amide bonds. The number of piperidine rings is 1. The van der Waals surface area contributed by atoms with Crippen molar-refractivity contribution in [1.29, 1.82) is 0 Å². The van der Waals surface area contributed by atoms with E-state index < -0.39 is 11.8 Å². The van der Waals surface area contributed by atoms with Crippen molar-refractivity contribution >= 4 is 0 Å². The first-order valence-electron chi connectivity index (χ1n) is 4.79. The summed E-state index contributed by atoms with van der Waals surface area (Å²) in [7, 11) is 0. The molecule has 1 rings (SSSR count). The van der Waals surface area contributed by atoms with E-state index in [0.717, 1.165) is 0 Å². The summed E-state index contributed by atoms with van der Waals surface area (Å²) in [4.78, 5) is 2.06. The summed E-state index contributed by atoms with van der Waals surface area (Å²) in [6.07, 6.45) is -0.0486. The summed E-state index contributed by atoms with van der Waals surface area (Å²) < 4.78 is 26.4. The van der Waals surface area contributed by atoms with Gasteiger partial charge in [0, 0.05) is 38.0 Å². The second-order valence-electron chi connectivity index (χ2n) is 4.03. The van der Waals surface area contributed by atoms with E-state index in [1.807, 2.05) is 13.8 Å². The second kappa shape index (κ2) is 3.88. The van der Waals surface area contributed by atoms with Gasteiger partial charge in [0.05, 0.1) is 0 Å². The highest BCUT2D eigenvalue weighted by atomic mass is 19.3. The summed E-state index contributed by atoms with van der Waals surface area (Å²) >= 11 is 0. The van der Waals surface area contributed by atoms with Crippen LogP contribution < -0.4 is 5.73 Å². The monoisotopic (exact) mass is 192 g/mol. The predicted octanol–water partition coefficient (Wildman–Crippen LogP) is 1.31. The minimum atomic E-state index is -2.56. The molecule has 1 heterocycles. The van der Waals surface area contributed by atoms with Crippen LogP contribution in [0.1, 0.15) is 20.3 Å². The first-order chi connectivity index (χ1) is 5.97. The number of hydrogen-bond donors (Lipinski definition) is 1. The molecule has 4 heteroatoms. The average molecular weight is 192 g/mol. The Bertz CT molecular complexity index is 171. The smallest absolute Gasteiger partial charge is 0.254 e. The lowest BCUT2D eigenvalue weighted by atomic mass is 9.93. The van der Waals surface area contributed by atoms with Crippen LogP contribution in [0.25, 0.3) is 0 Å². The summed E-state index contributed by atoms with van der Waals surface area (Å²) in [5.41, 5.74) is 5.33. The zero-order chi connectivity index (χ0) is 10.1. The zero-order valence-corrected chi connectivity index (χ0v) is 8.26. The third-order valence-electron chi connectivity index (χ3n) is 2.80. The highest BCUT2D eigenvalue weighted by Gasteiger charge is 2.43. The van der Waals surface area contributed by atoms with Crippen molar-refractivity contribution in [2.24, 2.45) is 11.7 Å². The SMILES string of the molecule is CC(C)N1CCC(F)(F)C(CN)C1. The molecule has 0 aliphatic carbocycles. The highest BCUT2D eigenvalue weighted by molar-refractivity contribution is 4.87. The van der Waals surface area contributed by atoms with Crippen LogP contribution in [0.15, 0.2) is 0 Å². The zero-order valence-electron chi connectivity index (χ0n) is 8.26. The van der Waals surface area contributed by atoms with Gasteiger partial charge >= 0.3 is 0 Å². The fraction of sp³-hybridized carbons (Fsp3) is 1.00. The maximum atomic E-state index is 13.2. The van der Waals surface area contributed by atoms with Crippen LogP contribution in [0.4, 0.5) is 8.78 Å². The number of likely N-dealkylation sites (tertiary alicyclic amines) is 1. The molecule has 0 radical (unpaired) electrons. The van der Waals surface area contributed by atoms with Crippen molar-refractivity contribution in [2.45, 2.75) is 32.2 Å². The molecule has 1 unspecified atom stereocenters. The Balaban J connectivity index is 2.58. The lowest BCUT2D eigenvalue weighted by Gasteiger charge is -2.39. The standard InChI is InChI=1S/C9H18F2N2/c1-7(2)13-4-3-9(10,11)8(5-12)6-13/h7-8H,3-6,12H2,1-2H3. The van der Waals surface area contributed by atoms with Gasteiger partial charge in [-0.05, 0) is 13.8 Å². The van der Waals surface area contributed by atoms with Crippen molar-refractivity contribution in [2.75, 3.05) is 19.6 Å². The number of rotatable bonds is 2. The molecule has 0 aromatic heterocycles. The molecule has 2 N–H and O–H groups in total. The third-order valence-corrected chi connectivity index (χ3v) is 2.80. The van der Waals surface area contributed by atoms with Crippen molar-refractivity contribution in [3.63, 3.8) is 0 Å². The van der Waals surface area contributed by atoms with Gasteiger partial charge in [-0.15, -0.1) is 0 Å². The van der Waals surface area contributed by atoms with Gasteiger partial charge in [0.1, 0.15) is 0 Å². The Labute approximate surface area is 78.1 Å². The average Bonchev–Trinajstić information content (AvgIpc) is 2.03. The van der Waals surface area contributed by atoms with Gasteiger partial charge in [-0.2, -0.15) is 0 Å². The van der Waals surface area contributed by atoms with Crippen molar-refractivity contribution in [1.82, 2.24) is 4.90 Å². The molecular formula is C9H18F2N2. The molecular weight excluding hydrogens is 174 g/mol. The van der Waals surface area contributed by atoms with Gasteiger partial charge in [0.25, 0.3) is 5.92 Å². The van der Waals surface area contributed by atoms with Crippen molar-refractivity contribution < 1.29 is 8.78 Å². The Morgan fingerprint density at radius 1 is 1.54 bits per heavy atom. The number of nitrogens with two attached hydrogens (primary N) is 1. The fourth-order valence-electron chi connectivity index (χ4n) is 1.72. The highest BCUT2D eigenvalue weighted by Crippen LogP contribution is 2.33. The van der Waals surface area contributed by atoms with E-state index in [1.165, 1.54) is 0 Å². The van der Waals surface area contributed by atoms with Crippen LogP contribution in [-0.4, -0.2) is 36.5 Å². The van der Waals surface area contributed by atoms with Crippen molar-refractivity contribution in [3.05, 3.63) is 0 Å². The van der Waals surface area contributed by atoms with Crippen LogP contribution in [0.5, 0.6) is 0 Å². The Hall–Kier alpha value is -0.220. The molecule has 78 valence electrons. The molecule has 0 bridgehead atoms. The largest absolute Gasteiger partial charge is 0.330 e. The van der Waals surface area contributed by atoms with Gasteiger partial charge in [0.15, 0.2) is 0 Å². The van der Waals surface area contributed by atoms with Gasteiger partial charge < -0.3 is 10.6 Å². The molecule has 1 atom stereocenters. The molecule has 1 saturated heterocycles. The molecule has 2 nitrogen and oxygen atoms in total. The summed E-state index contributed by atoms with van der Waals surface area (Å²) in [6.45, 7) is 5.05. The van der Waals surface area contributed by atoms with Crippen LogP contribution in [0, 0.1) is 5.92 Å². The van der Waals surface area contributed by atoms with E-state index in [9.17, 15) is 8.78 Å². The predicted molar refractivity (Wildman–Crippen MR) is 48.8 cm³/mol. The fourth-order valence-corrected chi connectivity index (χ4v) is 1.72. The molecule has 0 saturated carbocycles. The minimum Gasteiger partial charge on any atom is -0.330 e. The van der Waals surface area contributed by atoms with E-state index in [-0.39, 0.29) is 13.0 Å². The Kier molecular flexibility index (Phi) is 3.24. The lowest BCUT2D eigenvalue weighted by Crippen LogP contribution is -2.51. The number of hydrogen-bond acceptors (Lipinski definition) is 2. The maximum Gasteiger partial charge on any atom is 0.254 e. The van der Waals surface area contributed by atoms with Gasteiger partial charge in [-0.3, -0.25) is 0 Å².